The number of nitrogens with one attached hydrogen (secondary N) is 1. The first-order valence-electron chi connectivity index (χ1n) is 5.75. The Kier molecular flexibility index (Phi) is 4.08. The molecule has 2 aromatic rings. The highest BCUT2D eigenvalue weighted by Gasteiger charge is 2.19. The van der Waals surface area contributed by atoms with E-state index in [-0.39, 0.29) is 21.6 Å². The Hall–Kier alpha value is -3.35. The van der Waals surface area contributed by atoms with Gasteiger partial charge in [0.2, 0.25) is 0 Å². The zero-order valence-electron chi connectivity index (χ0n) is 10.7. The molecular formula is C12H7F2N5O3. The molecule has 0 saturated carbocycles. The number of nitrogens with zero attached hydrogens (tertiary/aromatic N) is 4. The number of benzene rings is 1. The number of alkyl halides is 2. The Balaban J connectivity index is 2.31. The molecule has 10 heteroatoms. The van der Waals surface area contributed by atoms with Crippen LogP contribution in [0.4, 0.5) is 20.2 Å². The van der Waals surface area contributed by atoms with Crippen molar-refractivity contribution in [2.45, 2.75) is 6.55 Å². The highest BCUT2D eigenvalue weighted by molar-refractivity contribution is 6.03. The number of aromatic nitrogens is 2. The van der Waals surface area contributed by atoms with Crippen LogP contribution in [0.1, 0.15) is 22.6 Å². The maximum atomic E-state index is 12.6. The number of amides is 1. The van der Waals surface area contributed by atoms with Gasteiger partial charge in [0.15, 0.2) is 0 Å². The normalized spacial score (nSPS) is 10.3. The van der Waals surface area contributed by atoms with E-state index in [1.807, 2.05) is 0 Å². The molecule has 0 aliphatic carbocycles. The van der Waals surface area contributed by atoms with Crippen molar-refractivity contribution in [3.63, 3.8) is 0 Å². The van der Waals surface area contributed by atoms with Crippen molar-refractivity contribution in [2.24, 2.45) is 0 Å². The van der Waals surface area contributed by atoms with Gasteiger partial charge in [0.05, 0.1) is 16.2 Å². The first-order chi connectivity index (χ1) is 10.4. The van der Waals surface area contributed by atoms with E-state index in [0.29, 0.717) is 0 Å². The monoisotopic (exact) mass is 307 g/mol. The van der Waals surface area contributed by atoms with Crippen LogP contribution in [0.25, 0.3) is 0 Å². The van der Waals surface area contributed by atoms with Gasteiger partial charge in [0.25, 0.3) is 11.6 Å². The van der Waals surface area contributed by atoms with Crippen LogP contribution in [0, 0.1) is 21.4 Å². The first-order valence-corrected chi connectivity index (χ1v) is 5.75. The van der Waals surface area contributed by atoms with Crippen molar-refractivity contribution in [1.29, 1.82) is 5.26 Å². The second-order valence-electron chi connectivity index (χ2n) is 3.99. The number of non-ortho nitro benzene ring substituents is 1. The number of nitro benzene ring substituents is 1. The zero-order valence-corrected chi connectivity index (χ0v) is 10.7. The van der Waals surface area contributed by atoms with E-state index in [1.54, 1.807) is 6.07 Å². The highest BCUT2D eigenvalue weighted by atomic mass is 19.3. The van der Waals surface area contributed by atoms with Crippen LogP contribution in [-0.4, -0.2) is 20.6 Å². The summed E-state index contributed by atoms with van der Waals surface area (Å²) in [7, 11) is 0. The highest BCUT2D eigenvalue weighted by Crippen LogP contribution is 2.22. The van der Waals surface area contributed by atoms with Crippen LogP contribution in [0.3, 0.4) is 0 Å². The number of nitriles is 1. The zero-order chi connectivity index (χ0) is 16.3. The lowest BCUT2D eigenvalue weighted by Crippen LogP contribution is -2.18. The third-order valence-electron chi connectivity index (χ3n) is 2.67. The third-order valence-corrected chi connectivity index (χ3v) is 2.67. The molecule has 22 heavy (non-hydrogen) atoms. The number of rotatable bonds is 4. The lowest BCUT2D eigenvalue weighted by atomic mass is 10.1. The summed E-state index contributed by atoms with van der Waals surface area (Å²) in [6.45, 7) is -3.00. The topological polar surface area (TPSA) is 114 Å². The fourth-order valence-corrected chi connectivity index (χ4v) is 1.68. The Morgan fingerprint density at radius 3 is 2.77 bits per heavy atom. The summed E-state index contributed by atoms with van der Waals surface area (Å²) in [5, 5.41) is 25.1. The third kappa shape index (κ3) is 2.88. The minimum absolute atomic E-state index is 0.0277. The first kappa shape index (κ1) is 15.0. The molecule has 2 rings (SSSR count). The Morgan fingerprint density at radius 1 is 1.45 bits per heavy atom. The van der Waals surface area contributed by atoms with Crippen LogP contribution < -0.4 is 5.32 Å². The maximum absolute atomic E-state index is 12.6. The second-order valence-corrected chi connectivity index (χ2v) is 3.99. The van der Waals surface area contributed by atoms with Gasteiger partial charge in [0.1, 0.15) is 11.8 Å². The quantitative estimate of drug-likeness (QED) is 0.687. The van der Waals surface area contributed by atoms with E-state index in [1.165, 1.54) is 0 Å². The predicted molar refractivity (Wildman–Crippen MR) is 69.2 cm³/mol. The largest absolute Gasteiger partial charge is 0.333 e. The van der Waals surface area contributed by atoms with Crippen molar-refractivity contribution in [3.05, 3.63) is 51.8 Å². The molecule has 1 aromatic carbocycles. The maximum Gasteiger partial charge on any atom is 0.333 e. The summed E-state index contributed by atoms with van der Waals surface area (Å²) < 4.78 is 25.5. The number of carbonyl (C=O) groups excluding carboxylic acids is 1. The smallest absolute Gasteiger partial charge is 0.319 e. The summed E-state index contributed by atoms with van der Waals surface area (Å²) in [5.41, 5.74) is -0.921. The molecule has 0 radical (unpaired) electrons. The number of nitro groups is 1. The molecule has 1 heterocycles. The summed E-state index contributed by atoms with van der Waals surface area (Å²) in [5.74, 6) is -0.914. The molecule has 0 aliphatic rings. The lowest BCUT2D eigenvalue weighted by molar-refractivity contribution is -0.384. The molecular weight excluding hydrogens is 300 g/mol. The summed E-state index contributed by atoms with van der Waals surface area (Å²) in [6.07, 6.45) is 1.03. The van der Waals surface area contributed by atoms with Gasteiger partial charge in [-0.2, -0.15) is 23.8 Å². The Bertz CT molecular complexity index is 781. The standard InChI is InChI=1S/C12H7F2N5O3/c13-12(14)18-10(3-4-16-18)11(20)17-9-2-1-8(19(21)22)5-7(9)6-15/h1-5,12H,(H,17,20). The van der Waals surface area contributed by atoms with Gasteiger partial charge in [-0.1, -0.05) is 0 Å². The van der Waals surface area contributed by atoms with Gasteiger partial charge in [-0.05, 0) is 12.1 Å². The molecule has 1 aromatic heterocycles. The van der Waals surface area contributed by atoms with Crippen molar-refractivity contribution in [1.82, 2.24) is 9.78 Å². The molecule has 0 aliphatic heterocycles. The van der Waals surface area contributed by atoms with Crippen molar-refractivity contribution >= 4 is 17.3 Å². The van der Waals surface area contributed by atoms with Gasteiger partial charge in [-0.3, -0.25) is 14.9 Å². The van der Waals surface area contributed by atoms with Crippen molar-refractivity contribution in [2.75, 3.05) is 5.32 Å². The minimum Gasteiger partial charge on any atom is -0.319 e. The lowest BCUT2D eigenvalue weighted by Gasteiger charge is -2.08. The second kappa shape index (κ2) is 5.96. The van der Waals surface area contributed by atoms with E-state index in [4.69, 9.17) is 5.26 Å². The predicted octanol–water partition coefficient (Wildman–Crippen LogP) is 2.31. The van der Waals surface area contributed by atoms with Crippen LogP contribution in [0.5, 0.6) is 0 Å². The average molecular weight is 307 g/mol. The summed E-state index contributed by atoms with van der Waals surface area (Å²) in [6, 6.07) is 5.98. The van der Waals surface area contributed by atoms with Gasteiger partial charge >= 0.3 is 6.55 Å². The molecule has 1 amide bonds. The molecule has 8 nitrogen and oxygen atoms in total. The van der Waals surface area contributed by atoms with E-state index >= 15 is 0 Å². The molecule has 0 saturated heterocycles. The molecule has 0 atom stereocenters. The molecule has 0 bridgehead atoms. The number of hydrogen-bond acceptors (Lipinski definition) is 5. The van der Waals surface area contributed by atoms with Crippen molar-refractivity contribution < 1.29 is 18.5 Å². The van der Waals surface area contributed by atoms with Crippen LogP contribution in [0.2, 0.25) is 0 Å². The van der Waals surface area contributed by atoms with Crippen molar-refractivity contribution in [3.8, 4) is 6.07 Å². The number of carbonyl (C=O) groups is 1. The Labute approximate surface area is 121 Å². The fourth-order valence-electron chi connectivity index (χ4n) is 1.68. The fraction of sp³-hybridized carbons (Fsp3) is 0.0833. The van der Waals surface area contributed by atoms with E-state index < -0.39 is 23.1 Å². The summed E-state index contributed by atoms with van der Waals surface area (Å²) >= 11 is 0. The van der Waals surface area contributed by atoms with Gasteiger partial charge in [0, 0.05) is 18.3 Å². The molecule has 112 valence electrons. The van der Waals surface area contributed by atoms with E-state index in [9.17, 15) is 23.7 Å². The van der Waals surface area contributed by atoms with Gasteiger partial charge in [-0.15, -0.1) is 0 Å². The summed E-state index contributed by atoms with van der Waals surface area (Å²) in [4.78, 5) is 21.9. The molecule has 1 N–H and O–H groups in total. The van der Waals surface area contributed by atoms with Crippen LogP contribution in [-0.2, 0) is 0 Å². The number of halogens is 2. The molecule has 0 spiro atoms. The molecule has 0 unspecified atom stereocenters. The minimum atomic E-state index is -3.00. The number of anilines is 1. The van der Waals surface area contributed by atoms with Crippen LogP contribution >= 0.6 is 0 Å². The SMILES string of the molecule is N#Cc1cc([N+](=O)[O-])ccc1NC(=O)c1ccnn1C(F)F. The van der Waals surface area contributed by atoms with Gasteiger partial charge < -0.3 is 5.32 Å². The van der Waals surface area contributed by atoms with Gasteiger partial charge in [-0.25, -0.2) is 0 Å². The Morgan fingerprint density at radius 2 is 2.18 bits per heavy atom. The van der Waals surface area contributed by atoms with Crippen LogP contribution in [0.15, 0.2) is 30.5 Å². The molecule has 0 fully saturated rings. The van der Waals surface area contributed by atoms with E-state index in [0.717, 1.165) is 30.5 Å². The van der Waals surface area contributed by atoms with E-state index in [2.05, 4.69) is 10.4 Å². The number of hydrogen-bond donors (Lipinski definition) is 1. The average Bonchev–Trinajstić information content (AvgIpc) is 2.97.